The summed E-state index contributed by atoms with van der Waals surface area (Å²) in [5, 5.41) is 12.8. The SMILES string of the molecule is COC(=O)[C@H](Cc1ccc(O[C@@H]2C=C[C@H](O)[C@@H](COCc3ccccc3)O2)cc1)NC(=O)OC(C)(C)C. The Bertz CT molecular complexity index is 1030. The van der Waals surface area contributed by atoms with Crippen molar-refractivity contribution in [3.05, 3.63) is 77.9 Å². The van der Waals surface area contributed by atoms with Gasteiger partial charge in [-0.2, -0.15) is 0 Å². The average Bonchev–Trinajstić information content (AvgIpc) is 2.85. The molecule has 1 amide bonds. The van der Waals surface area contributed by atoms with E-state index in [4.69, 9.17) is 23.7 Å². The van der Waals surface area contributed by atoms with Crippen LogP contribution in [0.25, 0.3) is 0 Å². The minimum Gasteiger partial charge on any atom is -0.467 e. The van der Waals surface area contributed by atoms with E-state index in [-0.39, 0.29) is 13.0 Å². The zero-order valence-electron chi connectivity index (χ0n) is 21.6. The van der Waals surface area contributed by atoms with Crippen molar-refractivity contribution in [2.75, 3.05) is 13.7 Å². The van der Waals surface area contributed by atoms with Crippen molar-refractivity contribution >= 4 is 12.1 Å². The minimum absolute atomic E-state index is 0.207. The van der Waals surface area contributed by atoms with Gasteiger partial charge >= 0.3 is 12.1 Å². The molecule has 37 heavy (non-hydrogen) atoms. The van der Waals surface area contributed by atoms with E-state index in [0.717, 1.165) is 11.1 Å². The topological polar surface area (TPSA) is 113 Å². The van der Waals surface area contributed by atoms with Crippen molar-refractivity contribution in [3.8, 4) is 5.75 Å². The van der Waals surface area contributed by atoms with Gasteiger partial charge in [0.1, 0.15) is 29.6 Å². The Kier molecular flexibility index (Phi) is 10.1. The molecule has 2 aromatic carbocycles. The molecule has 4 atom stereocenters. The van der Waals surface area contributed by atoms with Gasteiger partial charge in [-0.1, -0.05) is 48.5 Å². The first-order valence-electron chi connectivity index (χ1n) is 12.1. The van der Waals surface area contributed by atoms with Crippen molar-refractivity contribution in [3.63, 3.8) is 0 Å². The quantitative estimate of drug-likeness (QED) is 0.367. The molecule has 0 aromatic heterocycles. The summed E-state index contributed by atoms with van der Waals surface area (Å²) in [6, 6.07) is 15.9. The number of esters is 1. The van der Waals surface area contributed by atoms with E-state index in [2.05, 4.69) is 5.32 Å². The maximum atomic E-state index is 12.2. The highest BCUT2D eigenvalue weighted by molar-refractivity contribution is 5.81. The Labute approximate surface area is 217 Å². The third-order valence-electron chi connectivity index (χ3n) is 5.34. The lowest BCUT2D eigenvalue weighted by atomic mass is 10.1. The maximum absolute atomic E-state index is 12.2. The van der Waals surface area contributed by atoms with Crippen molar-refractivity contribution < 1.29 is 38.4 Å². The predicted molar refractivity (Wildman–Crippen MR) is 136 cm³/mol. The number of alkyl carbamates (subject to hydrolysis) is 1. The van der Waals surface area contributed by atoms with Gasteiger partial charge in [0.15, 0.2) is 0 Å². The number of benzene rings is 2. The van der Waals surface area contributed by atoms with Crippen LogP contribution < -0.4 is 10.1 Å². The monoisotopic (exact) mass is 513 g/mol. The number of aliphatic hydroxyl groups is 1. The van der Waals surface area contributed by atoms with Crippen LogP contribution >= 0.6 is 0 Å². The normalized spacial score (nSPS) is 20.1. The molecule has 2 N–H and O–H groups in total. The van der Waals surface area contributed by atoms with Gasteiger partial charge in [0.2, 0.25) is 6.29 Å². The summed E-state index contributed by atoms with van der Waals surface area (Å²) in [7, 11) is 1.26. The zero-order chi connectivity index (χ0) is 26.8. The Balaban J connectivity index is 1.52. The number of methoxy groups -OCH3 is 1. The van der Waals surface area contributed by atoms with Gasteiger partial charge in [-0.15, -0.1) is 0 Å². The number of rotatable bonds is 10. The number of carbonyl (C=O) groups excluding carboxylic acids is 2. The first-order valence-corrected chi connectivity index (χ1v) is 12.1. The van der Waals surface area contributed by atoms with Gasteiger partial charge in [0.25, 0.3) is 0 Å². The number of nitrogens with one attached hydrogen (secondary N) is 1. The molecule has 1 aliphatic heterocycles. The lowest BCUT2D eigenvalue weighted by molar-refractivity contribution is -0.152. The molecule has 0 radical (unpaired) electrons. The van der Waals surface area contributed by atoms with E-state index in [1.807, 2.05) is 30.3 Å². The standard InChI is InChI=1S/C28H35NO8/c1-28(2,3)37-27(32)29-22(26(31)33-4)16-19-10-12-21(13-11-19)35-25-15-14-23(30)24(36-25)18-34-17-20-8-6-5-7-9-20/h5-15,22-25,30H,16-18H2,1-4H3,(H,29,32)/t22-,23-,24+,25-/m0/s1. The van der Waals surface area contributed by atoms with Crippen LogP contribution in [-0.2, 0) is 36.8 Å². The summed E-state index contributed by atoms with van der Waals surface area (Å²) in [4.78, 5) is 24.3. The number of aliphatic hydroxyl groups excluding tert-OH is 1. The number of hydrogen-bond acceptors (Lipinski definition) is 8. The summed E-state index contributed by atoms with van der Waals surface area (Å²) in [5.74, 6) is -0.0422. The lowest BCUT2D eigenvalue weighted by Gasteiger charge is -2.29. The van der Waals surface area contributed by atoms with Crippen LogP contribution in [0, 0.1) is 0 Å². The molecule has 9 heteroatoms. The molecule has 0 spiro atoms. The Morgan fingerprint density at radius 2 is 1.73 bits per heavy atom. The van der Waals surface area contributed by atoms with E-state index in [1.165, 1.54) is 7.11 Å². The molecular weight excluding hydrogens is 478 g/mol. The first-order chi connectivity index (χ1) is 17.6. The van der Waals surface area contributed by atoms with Crippen LogP contribution in [0.1, 0.15) is 31.9 Å². The van der Waals surface area contributed by atoms with Gasteiger partial charge in [0, 0.05) is 6.42 Å². The molecule has 0 saturated heterocycles. The van der Waals surface area contributed by atoms with Crippen molar-refractivity contribution in [2.45, 2.75) is 63.9 Å². The summed E-state index contributed by atoms with van der Waals surface area (Å²) in [5.41, 5.74) is 1.12. The summed E-state index contributed by atoms with van der Waals surface area (Å²) < 4.78 is 27.5. The molecule has 0 unspecified atom stereocenters. The molecule has 0 bridgehead atoms. The Hall–Kier alpha value is -3.40. The van der Waals surface area contributed by atoms with Crippen LogP contribution in [0.5, 0.6) is 5.75 Å². The van der Waals surface area contributed by atoms with Gasteiger partial charge in [-0.3, -0.25) is 0 Å². The summed E-state index contributed by atoms with van der Waals surface area (Å²) in [6.45, 7) is 5.84. The molecule has 0 aliphatic carbocycles. The van der Waals surface area contributed by atoms with E-state index >= 15 is 0 Å². The van der Waals surface area contributed by atoms with Crippen molar-refractivity contribution in [1.29, 1.82) is 0 Å². The molecule has 2 aromatic rings. The highest BCUT2D eigenvalue weighted by atomic mass is 16.7. The Morgan fingerprint density at radius 3 is 2.38 bits per heavy atom. The zero-order valence-corrected chi connectivity index (χ0v) is 21.6. The van der Waals surface area contributed by atoms with Crippen molar-refractivity contribution in [1.82, 2.24) is 5.32 Å². The van der Waals surface area contributed by atoms with Crippen LogP contribution in [0.3, 0.4) is 0 Å². The average molecular weight is 514 g/mol. The third kappa shape index (κ3) is 9.53. The molecule has 3 rings (SSSR count). The second-order valence-electron chi connectivity index (χ2n) is 9.61. The molecule has 200 valence electrons. The van der Waals surface area contributed by atoms with Crippen LogP contribution in [0.2, 0.25) is 0 Å². The molecule has 1 aliphatic rings. The van der Waals surface area contributed by atoms with E-state index < -0.39 is 42.2 Å². The van der Waals surface area contributed by atoms with Crippen LogP contribution in [0.4, 0.5) is 4.79 Å². The fraction of sp³-hybridized carbons (Fsp3) is 0.429. The van der Waals surface area contributed by atoms with Gasteiger partial charge in [0.05, 0.1) is 20.3 Å². The van der Waals surface area contributed by atoms with Crippen molar-refractivity contribution in [2.24, 2.45) is 0 Å². The fourth-order valence-electron chi connectivity index (χ4n) is 3.56. The van der Waals surface area contributed by atoms with Crippen LogP contribution in [0.15, 0.2) is 66.7 Å². The van der Waals surface area contributed by atoms with Gasteiger partial charge < -0.3 is 34.1 Å². The molecule has 0 saturated carbocycles. The Morgan fingerprint density at radius 1 is 1.03 bits per heavy atom. The minimum atomic E-state index is -0.908. The van der Waals surface area contributed by atoms with Gasteiger partial charge in [-0.05, 0) is 50.1 Å². The third-order valence-corrected chi connectivity index (χ3v) is 5.34. The molecular formula is C28H35NO8. The molecule has 0 fully saturated rings. The molecule has 1 heterocycles. The number of amides is 1. The number of carbonyl (C=O) groups is 2. The highest BCUT2D eigenvalue weighted by Gasteiger charge is 2.28. The second-order valence-corrected chi connectivity index (χ2v) is 9.61. The number of hydrogen-bond donors (Lipinski definition) is 2. The predicted octanol–water partition coefficient (Wildman–Crippen LogP) is 3.53. The lowest BCUT2D eigenvalue weighted by Crippen LogP contribution is -2.45. The number of ether oxygens (including phenoxy) is 5. The smallest absolute Gasteiger partial charge is 0.408 e. The largest absolute Gasteiger partial charge is 0.467 e. The van der Waals surface area contributed by atoms with E-state index in [9.17, 15) is 14.7 Å². The second kappa shape index (κ2) is 13.2. The van der Waals surface area contributed by atoms with E-state index in [1.54, 1.807) is 57.2 Å². The van der Waals surface area contributed by atoms with Gasteiger partial charge in [-0.25, -0.2) is 9.59 Å². The summed E-state index contributed by atoms with van der Waals surface area (Å²) in [6.07, 6.45) is 0.708. The maximum Gasteiger partial charge on any atom is 0.408 e. The summed E-state index contributed by atoms with van der Waals surface area (Å²) >= 11 is 0. The highest BCUT2D eigenvalue weighted by Crippen LogP contribution is 2.21. The molecule has 9 nitrogen and oxygen atoms in total. The van der Waals surface area contributed by atoms with Crippen LogP contribution in [-0.4, -0.2) is 61.0 Å². The first kappa shape index (κ1) is 28.2. The van der Waals surface area contributed by atoms with E-state index in [0.29, 0.717) is 12.4 Å². The fourth-order valence-corrected chi connectivity index (χ4v) is 3.56.